The molecule has 0 fully saturated rings. The van der Waals surface area contributed by atoms with E-state index in [1.807, 2.05) is 0 Å². The topological polar surface area (TPSA) is 307 Å². The predicted molar refractivity (Wildman–Crippen MR) is 149 cm³/mol. The number of aromatic hydroxyl groups is 1. The molecular weight excluding hydrogens is 552 g/mol. The average molecular weight is 589 g/mol. The number of phenols is 1. The summed E-state index contributed by atoms with van der Waals surface area (Å²) in [6.07, 6.45) is 2.26. The number of benzene rings is 1. The summed E-state index contributed by atoms with van der Waals surface area (Å²) in [7, 11) is 0. The summed E-state index contributed by atoms with van der Waals surface area (Å²) < 4.78 is 0. The Kier molecular flexibility index (Phi) is 12.7. The first-order valence-electron chi connectivity index (χ1n) is 12.8. The number of amides is 4. The lowest BCUT2D eigenvalue weighted by atomic mass is 10.0. The van der Waals surface area contributed by atoms with Crippen molar-refractivity contribution in [1.29, 1.82) is 0 Å². The van der Waals surface area contributed by atoms with Crippen LogP contribution in [0.3, 0.4) is 0 Å². The molecule has 0 aliphatic heterocycles. The van der Waals surface area contributed by atoms with E-state index in [4.69, 9.17) is 22.9 Å². The molecule has 4 unspecified atom stereocenters. The predicted octanol–water partition coefficient (Wildman–Crippen LogP) is -3.30. The summed E-state index contributed by atoms with van der Waals surface area (Å²) in [6, 6.07) is 0.769. The highest BCUT2D eigenvalue weighted by Crippen LogP contribution is 2.11. The van der Waals surface area contributed by atoms with E-state index >= 15 is 0 Å². The van der Waals surface area contributed by atoms with Crippen molar-refractivity contribution in [3.63, 3.8) is 0 Å². The maximum Gasteiger partial charge on any atom is 0.326 e. The van der Waals surface area contributed by atoms with Gasteiger partial charge in [0.05, 0.1) is 18.8 Å². The van der Waals surface area contributed by atoms with Gasteiger partial charge in [-0.1, -0.05) is 12.1 Å². The van der Waals surface area contributed by atoms with Gasteiger partial charge < -0.3 is 54.1 Å². The molecule has 0 saturated carbocycles. The second-order valence-corrected chi connectivity index (χ2v) is 9.40. The van der Waals surface area contributed by atoms with Gasteiger partial charge >= 0.3 is 5.97 Å². The SMILES string of the molecule is NC(=O)CC(NC(=O)C(CCCN=C(N)N)NC(=O)C(N)Cc1ccc(O)cc1)C(=O)NC(Cc1cnc[nH]1)C(=O)O. The molecule has 228 valence electrons. The zero-order valence-electron chi connectivity index (χ0n) is 22.7. The summed E-state index contributed by atoms with van der Waals surface area (Å²) in [4.78, 5) is 72.9. The van der Waals surface area contributed by atoms with Crippen molar-refractivity contribution in [2.45, 2.75) is 56.3 Å². The molecule has 0 spiro atoms. The largest absolute Gasteiger partial charge is 0.508 e. The zero-order valence-corrected chi connectivity index (χ0v) is 22.7. The Morgan fingerprint density at radius 1 is 0.905 bits per heavy atom. The van der Waals surface area contributed by atoms with Crippen molar-refractivity contribution < 1.29 is 34.2 Å². The van der Waals surface area contributed by atoms with Gasteiger partial charge in [-0.15, -0.1) is 0 Å². The van der Waals surface area contributed by atoms with Crippen LogP contribution >= 0.6 is 0 Å². The van der Waals surface area contributed by atoms with E-state index in [2.05, 4.69) is 30.9 Å². The monoisotopic (exact) mass is 588 g/mol. The third-order valence-corrected chi connectivity index (χ3v) is 5.94. The maximum absolute atomic E-state index is 13.3. The van der Waals surface area contributed by atoms with Gasteiger partial charge in [-0.3, -0.25) is 24.2 Å². The number of hydrogen-bond acceptors (Lipinski definition) is 9. The Labute approximate surface area is 240 Å². The molecule has 1 aromatic carbocycles. The van der Waals surface area contributed by atoms with E-state index in [1.54, 1.807) is 12.1 Å². The van der Waals surface area contributed by atoms with Gasteiger partial charge in [-0.2, -0.15) is 0 Å². The normalized spacial score (nSPS) is 13.5. The Morgan fingerprint density at radius 2 is 1.52 bits per heavy atom. The van der Waals surface area contributed by atoms with Crippen molar-refractivity contribution in [2.75, 3.05) is 6.54 Å². The third-order valence-electron chi connectivity index (χ3n) is 5.94. The molecule has 0 bridgehead atoms. The number of aromatic amines is 1. The van der Waals surface area contributed by atoms with Crippen LogP contribution in [0.4, 0.5) is 0 Å². The van der Waals surface area contributed by atoms with E-state index in [1.165, 1.54) is 24.7 Å². The first-order chi connectivity index (χ1) is 19.8. The second-order valence-electron chi connectivity index (χ2n) is 9.40. The molecular formula is C25H36N10O7. The maximum atomic E-state index is 13.3. The van der Waals surface area contributed by atoms with Crippen LogP contribution in [0.15, 0.2) is 41.8 Å². The molecule has 0 radical (unpaired) electrons. The van der Waals surface area contributed by atoms with Gasteiger partial charge in [0.1, 0.15) is 23.9 Å². The van der Waals surface area contributed by atoms with Crippen LogP contribution < -0.4 is 38.9 Å². The highest BCUT2D eigenvalue weighted by Gasteiger charge is 2.31. The number of guanidine groups is 1. The Morgan fingerprint density at radius 3 is 2.10 bits per heavy atom. The molecule has 17 heteroatoms. The van der Waals surface area contributed by atoms with Crippen molar-refractivity contribution >= 4 is 35.6 Å². The Hall–Kier alpha value is -5.19. The fourth-order valence-electron chi connectivity index (χ4n) is 3.80. The summed E-state index contributed by atoms with van der Waals surface area (Å²) in [5, 5.41) is 26.2. The number of H-pyrrole nitrogens is 1. The van der Waals surface area contributed by atoms with Crippen LogP contribution in [0, 0.1) is 0 Å². The summed E-state index contributed by atoms with van der Waals surface area (Å²) in [5.74, 6) is -4.96. The molecule has 2 rings (SSSR count). The van der Waals surface area contributed by atoms with E-state index in [9.17, 15) is 34.2 Å². The molecule has 0 saturated heterocycles. The van der Waals surface area contributed by atoms with E-state index in [0.717, 1.165) is 0 Å². The number of nitrogens with zero attached hydrogens (tertiary/aromatic N) is 2. The number of nitrogens with two attached hydrogens (primary N) is 4. The van der Waals surface area contributed by atoms with Crippen LogP contribution in [0.2, 0.25) is 0 Å². The molecule has 42 heavy (non-hydrogen) atoms. The number of phenolic OH excluding ortho intramolecular Hbond substituents is 1. The van der Waals surface area contributed by atoms with Crippen LogP contribution in [-0.2, 0) is 36.8 Å². The lowest BCUT2D eigenvalue weighted by Gasteiger charge is -2.24. The number of primary amides is 1. The lowest BCUT2D eigenvalue weighted by Crippen LogP contribution is -2.58. The van der Waals surface area contributed by atoms with Crippen molar-refractivity contribution in [2.24, 2.45) is 27.9 Å². The van der Waals surface area contributed by atoms with Gasteiger partial charge in [0.25, 0.3) is 0 Å². The first kappa shape index (κ1) is 33.0. The van der Waals surface area contributed by atoms with Gasteiger partial charge in [-0.05, 0) is 37.0 Å². The summed E-state index contributed by atoms with van der Waals surface area (Å²) in [6.45, 7) is 0.126. The highest BCUT2D eigenvalue weighted by atomic mass is 16.4. The number of rotatable bonds is 17. The van der Waals surface area contributed by atoms with Crippen LogP contribution in [-0.4, -0.2) is 86.5 Å². The Bertz CT molecular complexity index is 1250. The minimum Gasteiger partial charge on any atom is -0.508 e. The number of aliphatic imine (C=N–C) groups is 1. The molecule has 1 heterocycles. The van der Waals surface area contributed by atoms with Gasteiger partial charge in [-0.25, -0.2) is 9.78 Å². The van der Waals surface area contributed by atoms with Crippen molar-refractivity contribution in [3.05, 3.63) is 48.0 Å². The number of aliphatic carboxylic acids is 1. The van der Waals surface area contributed by atoms with Gasteiger partial charge in [0.2, 0.25) is 23.6 Å². The highest BCUT2D eigenvalue weighted by molar-refractivity contribution is 5.96. The first-order valence-corrected chi connectivity index (χ1v) is 12.8. The van der Waals surface area contributed by atoms with E-state index in [0.29, 0.717) is 11.3 Å². The van der Waals surface area contributed by atoms with E-state index < -0.39 is 60.2 Å². The molecule has 17 nitrogen and oxygen atoms in total. The number of nitrogens with one attached hydrogen (secondary N) is 4. The van der Waals surface area contributed by atoms with Crippen molar-refractivity contribution in [1.82, 2.24) is 25.9 Å². The second kappa shape index (κ2) is 16.2. The smallest absolute Gasteiger partial charge is 0.326 e. The number of aromatic nitrogens is 2. The fraction of sp³-hybridized carbons (Fsp3) is 0.400. The molecule has 1 aromatic heterocycles. The van der Waals surface area contributed by atoms with Crippen LogP contribution in [0.5, 0.6) is 5.75 Å². The minimum absolute atomic E-state index is 0.0166. The molecule has 0 aliphatic carbocycles. The van der Waals surface area contributed by atoms with Crippen molar-refractivity contribution in [3.8, 4) is 5.75 Å². The molecule has 2 aromatic rings. The number of carboxylic acids is 1. The number of carbonyl (C=O) groups is 5. The molecule has 14 N–H and O–H groups in total. The van der Waals surface area contributed by atoms with Crippen LogP contribution in [0.1, 0.15) is 30.5 Å². The summed E-state index contributed by atoms with van der Waals surface area (Å²) in [5.41, 5.74) is 23.1. The molecule has 4 amide bonds. The number of carbonyl (C=O) groups excluding carboxylic acids is 4. The van der Waals surface area contributed by atoms with Gasteiger partial charge in [0, 0.05) is 24.9 Å². The number of imidazole rings is 1. The number of carboxylic acid groups (broad SMARTS) is 1. The molecule has 4 atom stereocenters. The van der Waals surface area contributed by atoms with E-state index in [-0.39, 0.29) is 43.9 Å². The molecule has 0 aliphatic rings. The summed E-state index contributed by atoms with van der Waals surface area (Å²) >= 11 is 0. The fourth-order valence-corrected chi connectivity index (χ4v) is 3.80. The van der Waals surface area contributed by atoms with Gasteiger partial charge in [0.15, 0.2) is 5.96 Å². The van der Waals surface area contributed by atoms with Crippen LogP contribution in [0.25, 0.3) is 0 Å². The minimum atomic E-state index is -1.55. The quantitative estimate of drug-likeness (QED) is 0.0495. The average Bonchev–Trinajstić information content (AvgIpc) is 3.43. The zero-order chi connectivity index (χ0) is 31.2. The number of hydrogen-bond donors (Lipinski definition) is 10. The standard InChI is InChI=1S/C25H36N10O7/c26-16(8-13-3-5-15(36)6-4-13)21(38)33-17(2-1-7-31-25(28)29)22(39)34-18(10-20(27)37)23(40)35-19(24(41)42)9-14-11-30-12-32-14/h3-6,11-12,16-19,36H,1-2,7-10,26H2,(H2,27,37)(H,30,32)(H,33,38)(H,34,39)(H,35,40)(H,41,42)(H4,28,29,31). The lowest BCUT2D eigenvalue weighted by molar-refractivity contribution is -0.142. The Balaban J connectivity index is 2.16. The third kappa shape index (κ3) is 11.5.